The van der Waals surface area contributed by atoms with Crippen molar-refractivity contribution < 1.29 is 9.90 Å². The highest BCUT2D eigenvalue weighted by Crippen LogP contribution is 2.24. The summed E-state index contributed by atoms with van der Waals surface area (Å²) in [5, 5.41) is 10.3. The maximum atomic E-state index is 10.8. The largest absolute Gasteiger partial charge is 0.508 e. The number of fused-ring (bicyclic) bond motifs is 1. The summed E-state index contributed by atoms with van der Waals surface area (Å²) in [4.78, 5) is 10.8. The van der Waals surface area contributed by atoms with Gasteiger partial charge in [-0.15, -0.1) is 0 Å². The Bertz CT molecular complexity index is 503. The van der Waals surface area contributed by atoms with Gasteiger partial charge in [-0.1, -0.05) is 0 Å². The first-order valence-corrected chi connectivity index (χ1v) is 4.74. The molecule has 3 N–H and O–H groups in total. The van der Waals surface area contributed by atoms with Crippen molar-refractivity contribution in [3.8, 4) is 5.75 Å². The minimum Gasteiger partial charge on any atom is -0.508 e. The maximum Gasteiger partial charge on any atom is 0.218 e. The number of nitrogens with zero attached hydrogens (tertiary/aromatic N) is 1. The highest BCUT2D eigenvalue weighted by atomic mass is 16.3. The van der Waals surface area contributed by atoms with Crippen molar-refractivity contribution in [3.05, 3.63) is 30.0 Å². The smallest absolute Gasteiger partial charge is 0.218 e. The fraction of sp³-hybridized carbons (Fsp3) is 0.182. The van der Waals surface area contributed by atoms with Crippen LogP contribution in [0.4, 0.5) is 0 Å². The molecule has 2 aromatic rings. The molecule has 15 heavy (non-hydrogen) atoms. The van der Waals surface area contributed by atoms with Crippen LogP contribution in [0.3, 0.4) is 0 Å². The molecule has 1 heterocycles. The van der Waals surface area contributed by atoms with Gasteiger partial charge in [-0.25, -0.2) is 0 Å². The minimum atomic E-state index is 0.199. The van der Waals surface area contributed by atoms with Crippen molar-refractivity contribution >= 4 is 17.3 Å². The van der Waals surface area contributed by atoms with Gasteiger partial charge in [0.2, 0.25) is 6.41 Å². The topological polar surface area (TPSA) is 68.2 Å². The van der Waals surface area contributed by atoms with Gasteiger partial charge in [0.1, 0.15) is 5.75 Å². The van der Waals surface area contributed by atoms with E-state index in [-0.39, 0.29) is 5.75 Å². The monoisotopic (exact) mass is 204 g/mol. The summed E-state index contributed by atoms with van der Waals surface area (Å²) >= 11 is 0. The van der Waals surface area contributed by atoms with E-state index in [2.05, 4.69) is 0 Å². The fourth-order valence-corrected chi connectivity index (χ4v) is 1.76. The second-order valence-electron chi connectivity index (χ2n) is 3.41. The first-order chi connectivity index (χ1) is 7.26. The molecule has 2 rings (SSSR count). The van der Waals surface area contributed by atoms with Crippen LogP contribution in [-0.2, 0) is 11.2 Å². The molecule has 4 heteroatoms. The normalized spacial score (nSPS) is 10.7. The zero-order valence-electron chi connectivity index (χ0n) is 8.18. The first-order valence-electron chi connectivity index (χ1n) is 4.74. The fourth-order valence-electron chi connectivity index (χ4n) is 1.76. The van der Waals surface area contributed by atoms with Crippen LogP contribution in [0.2, 0.25) is 0 Å². The summed E-state index contributed by atoms with van der Waals surface area (Å²) in [5.41, 5.74) is 7.26. The number of phenolic OH excluding ortho intramolecular Hbond substituents is 1. The quantitative estimate of drug-likeness (QED) is 0.729. The van der Waals surface area contributed by atoms with E-state index in [1.807, 2.05) is 0 Å². The second-order valence-corrected chi connectivity index (χ2v) is 3.41. The van der Waals surface area contributed by atoms with Gasteiger partial charge in [-0.05, 0) is 36.7 Å². The molecule has 1 aromatic heterocycles. The number of rotatable bonds is 3. The summed E-state index contributed by atoms with van der Waals surface area (Å²) in [6.45, 7) is 0.521. The van der Waals surface area contributed by atoms with Gasteiger partial charge >= 0.3 is 0 Å². The van der Waals surface area contributed by atoms with E-state index < -0.39 is 0 Å². The second kappa shape index (κ2) is 3.74. The summed E-state index contributed by atoms with van der Waals surface area (Å²) in [6, 6.07) is 4.94. The van der Waals surface area contributed by atoms with Crippen molar-refractivity contribution in [2.24, 2.45) is 5.73 Å². The van der Waals surface area contributed by atoms with Crippen LogP contribution in [0, 0.1) is 0 Å². The van der Waals surface area contributed by atoms with Crippen molar-refractivity contribution in [1.29, 1.82) is 0 Å². The molecule has 0 aliphatic carbocycles. The predicted octanol–water partition coefficient (Wildman–Crippen LogP) is 0.886. The Hall–Kier alpha value is -1.81. The number of hydrogen-bond donors (Lipinski definition) is 2. The van der Waals surface area contributed by atoms with Crippen molar-refractivity contribution in [2.75, 3.05) is 6.54 Å². The highest BCUT2D eigenvalue weighted by molar-refractivity contribution is 5.89. The maximum absolute atomic E-state index is 10.8. The molecular formula is C11H12N2O2. The molecule has 0 saturated carbocycles. The lowest BCUT2D eigenvalue weighted by molar-refractivity contribution is 0.476. The van der Waals surface area contributed by atoms with E-state index in [0.717, 1.165) is 22.9 Å². The number of aromatic nitrogens is 1. The summed E-state index contributed by atoms with van der Waals surface area (Å²) < 4.78 is 1.50. The van der Waals surface area contributed by atoms with Gasteiger partial charge in [-0.3, -0.25) is 9.36 Å². The lowest BCUT2D eigenvalue weighted by Gasteiger charge is -1.97. The lowest BCUT2D eigenvalue weighted by atomic mass is 10.1. The minimum absolute atomic E-state index is 0.199. The predicted molar refractivity (Wildman–Crippen MR) is 58.5 cm³/mol. The number of carbonyl (C=O) groups is 1. The number of carbonyl (C=O) groups excluding carboxylic acids is 1. The third-order valence-electron chi connectivity index (χ3n) is 2.43. The number of aromatic hydroxyl groups is 1. The number of phenols is 1. The van der Waals surface area contributed by atoms with Gasteiger partial charge < -0.3 is 10.8 Å². The Labute approximate surface area is 86.9 Å². The molecule has 0 radical (unpaired) electrons. The Kier molecular flexibility index (Phi) is 2.43. The van der Waals surface area contributed by atoms with E-state index in [0.29, 0.717) is 13.0 Å². The van der Waals surface area contributed by atoms with E-state index in [4.69, 9.17) is 5.73 Å². The number of hydrogen-bond acceptors (Lipinski definition) is 3. The van der Waals surface area contributed by atoms with Crippen molar-refractivity contribution in [2.45, 2.75) is 6.42 Å². The van der Waals surface area contributed by atoms with Crippen LogP contribution < -0.4 is 5.73 Å². The Morgan fingerprint density at radius 3 is 2.93 bits per heavy atom. The number of benzene rings is 1. The van der Waals surface area contributed by atoms with E-state index in [9.17, 15) is 9.90 Å². The average molecular weight is 204 g/mol. The van der Waals surface area contributed by atoms with Crippen LogP contribution in [0.5, 0.6) is 5.75 Å². The Morgan fingerprint density at radius 2 is 2.27 bits per heavy atom. The number of nitrogens with two attached hydrogens (primary N) is 1. The molecule has 0 aliphatic rings. The zero-order chi connectivity index (χ0) is 10.8. The molecule has 0 amide bonds. The molecule has 0 spiro atoms. The molecule has 0 aliphatic heterocycles. The molecule has 0 fully saturated rings. The Balaban J connectivity index is 2.69. The van der Waals surface area contributed by atoms with Crippen LogP contribution in [0.1, 0.15) is 5.56 Å². The highest BCUT2D eigenvalue weighted by Gasteiger charge is 2.07. The Morgan fingerprint density at radius 1 is 1.47 bits per heavy atom. The van der Waals surface area contributed by atoms with E-state index in [1.165, 1.54) is 4.57 Å². The van der Waals surface area contributed by atoms with Crippen molar-refractivity contribution in [1.82, 2.24) is 4.57 Å². The standard InChI is InChI=1S/C11H12N2O2/c12-4-3-8-6-13(7-14)11-2-1-9(15)5-10(8)11/h1-2,5-7,15H,3-4,12H2. The third kappa shape index (κ3) is 1.59. The molecule has 1 aromatic carbocycles. The summed E-state index contributed by atoms with van der Waals surface area (Å²) in [7, 11) is 0. The molecular weight excluding hydrogens is 192 g/mol. The van der Waals surface area contributed by atoms with Gasteiger partial charge in [0.05, 0.1) is 5.52 Å². The third-order valence-corrected chi connectivity index (χ3v) is 2.43. The van der Waals surface area contributed by atoms with Crippen LogP contribution in [0.15, 0.2) is 24.4 Å². The SMILES string of the molecule is NCCc1cn(C=O)c2ccc(O)cc12. The molecule has 78 valence electrons. The molecule has 0 atom stereocenters. The van der Waals surface area contributed by atoms with Crippen LogP contribution in [-0.4, -0.2) is 22.6 Å². The van der Waals surface area contributed by atoms with Gasteiger partial charge in [0.25, 0.3) is 0 Å². The molecule has 4 nitrogen and oxygen atoms in total. The summed E-state index contributed by atoms with van der Waals surface area (Å²) in [5.74, 6) is 0.199. The molecule has 0 unspecified atom stereocenters. The average Bonchev–Trinajstić information content (AvgIpc) is 2.57. The van der Waals surface area contributed by atoms with Gasteiger partial charge in [0, 0.05) is 11.6 Å². The molecule has 0 bridgehead atoms. The van der Waals surface area contributed by atoms with Gasteiger partial charge in [0.15, 0.2) is 0 Å². The van der Waals surface area contributed by atoms with Crippen LogP contribution >= 0.6 is 0 Å². The summed E-state index contributed by atoms with van der Waals surface area (Å²) in [6.07, 6.45) is 3.20. The van der Waals surface area contributed by atoms with E-state index >= 15 is 0 Å². The van der Waals surface area contributed by atoms with Gasteiger partial charge in [-0.2, -0.15) is 0 Å². The first kappa shape index (κ1) is 9.73. The van der Waals surface area contributed by atoms with Crippen LogP contribution in [0.25, 0.3) is 10.9 Å². The zero-order valence-corrected chi connectivity index (χ0v) is 8.18. The lowest BCUT2D eigenvalue weighted by Crippen LogP contribution is -2.02. The van der Waals surface area contributed by atoms with E-state index in [1.54, 1.807) is 24.4 Å². The molecule has 0 saturated heterocycles. The van der Waals surface area contributed by atoms with Crippen molar-refractivity contribution in [3.63, 3.8) is 0 Å².